The molecule has 0 aliphatic heterocycles. The highest BCUT2D eigenvalue weighted by Crippen LogP contribution is 2.31. The molecule has 0 saturated carbocycles. The van der Waals surface area contributed by atoms with Crippen LogP contribution < -0.4 is 15.0 Å². The molecule has 0 fully saturated rings. The zero-order valence-electron chi connectivity index (χ0n) is 19.2. The summed E-state index contributed by atoms with van der Waals surface area (Å²) in [5.41, 5.74) is 1.80. The number of hydrogen-bond donors (Lipinski definition) is 0. The van der Waals surface area contributed by atoms with Crippen LogP contribution in [0.2, 0.25) is 0 Å². The average Bonchev–Trinajstić information content (AvgIpc) is 3.37. The summed E-state index contributed by atoms with van der Waals surface area (Å²) < 4.78 is 18.3. The second kappa shape index (κ2) is 10.0. The molecule has 0 aliphatic rings. The van der Waals surface area contributed by atoms with Gasteiger partial charge in [0.2, 0.25) is 11.7 Å². The number of ether oxygens (including phenoxy) is 2. The summed E-state index contributed by atoms with van der Waals surface area (Å²) >= 11 is 1.33. The van der Waals surface area contributed by atoms with E-state index >= 15 is 0 Å². The predicted octanol–water partition coefficient (Wildman–Crippen LogP) is 5.14. The minimum Gasteiger partial charge on any atom is -0.495 e. The highest BCUT2D eigenvalue weighted by Gasteiger charge is 2.18. The quantitative estimate of drug-likeness (QED) is 0.220. The molecule has 2 heterocycles. The largest absolute Gasteiger partial charge is 0.495 e. The van der Waals surface area contributed by atoms with E-state index in [0.717, 1.165) is 5.56 Å². The highest BCUT2D eigenvalue weighted by molar-refractivity contribution is 7.98. The van der Waals surface area contributed by atoms with E-state index < -0.39 is 0 Å². The lowest BCUT2D eigenvalue weighted by atomic mass is 10.2. The maximum Gasteiger partial charge on any atom is 0.266 e. The average molecular weight is 487 g/mol. The van der Waals surface area contributed by atoms with Gasteiger partial charge in [-0.1, -0.05) is 53.3 Å². The zero-order chi connectivity index (χ0) is 24.2. The van der Waals surface area contributed by atoms with Crippen LogP contribution in [-0.4, -0.2) is 33.4 Å². The van der Waals surface area contributed by atoms with E-state index in [4.69, 9.17) is 19.0 Å². The normalized spacial score (nSPS) is 11.0. The highest BCUT2D eigenvalue weighted by atomic mass is 32.2. The summed E-state index contributed by atoms with van der Waals surface area (Å²) in [6.45, 7) is 2.46. The second-order valence-electron chi connectivity index (χ2n) is 7.45. The molecule has 8 nitrogen and oxygen atoms in total. The van der Waals surface area contributed by atoms with Crippen molar-refractivity contribution >= 4 is 22.7 Å². The third-order valence-electron chi connectivity index (χ3n) is 5.29. The number of methoxy groups -OCH3 is 1. The first-order chi connectivity index (χ1) is 17.2. The molecule has 0 atom stereocenters. The number of benzene rings is 3. The van der Waals surface area contributed by atoms with Gasteiger partial charge in [-0.2, -0.15) is 4.98 Å². The van der Waals surface area contributed by atoms with Gasteiger partial charge in [-0.05, 0) is 43.3 Å². The fraction of sp³-hybridized carbons (Fsp3) is 0.154. The predicted molar refractivity (Wildman–Crippen MR) is 134 cm³/mol. The van der Waals surface area contributed by atoms with Gasteiger partial charge >= 0.3 is 0 Å². The summed E-state index contributed by atoms with van der Waals surface area (Å²) in [5, 5.41) is 5.15. The first-order valence-corrected chi connectivity index (χ1v) is 12.0. The zero-order valence-corrected chi connectivity index (χ0v) is 20.0. The molecule has 35 heavy (non-hydrogen) atoms. The van der Waals surface area contributed by atoms with Gasteiger partial charge in [0.1, 0.15) is 11.5 Å². The maximum atomic E-state index is 13.5. The maximum absolute atomic E-state index is 13.5. The van der Waals surface area contributed by atoms with Crippen LogP contribution >= 0.6 is 11.8 Å². The Morgan fingerprint density at radius 1 is 0.943 bits per heavy atom. The molecule has 0 spiro atoms. The van der Waals surface area contributed by atoms with Crippen molar-refractivity contribution in [2.75, 3.05) is 13.7 Å². The molecule has 5 rings (SSSR count). The van der Waals surface area contributed by atoms with Gasteiger partial charge in [0.15, 0.2) is 5.16 Å². The second-order valence-corrected chi connectivity index (χ2v) is 8.40. The number of rotatable bonds is 8. The van der Waals surface area contributed by atoms with Crippen LogP contribution in [0.3, 0.4) is 0 Å². The molecule has 3 aromatic carbocycles. The Morgan fingerprint density at radius 3 is 2.51 bits per heavy atom. The summed E-state index contributed by atoms with van der Waals surface area (Å²) in [6.07, 6.45) is 0. The number of para-hydroxylation sites is 4. The molecule has 0 unspecified atom stereocenters. The van der Waals surface area contributed by atoms with Crippen molar-refractivity contribution in [1.29, 1.82) is 0 Å². The van der Waals surface area contributed by atoms with E-state index in [2.05, 4.69) is 10.1 Å². The molecule has 0 bridgehead atoms. The third kappa shape index (κ3) is 4.50. The Kier molecular flexibility index (Phi) is 6.49. The first kappa shape index (κ1) is 22.7. The molecule has 0 amide bonds. The number of hydrogen-bond acceptors (Lipinski definition) is 8. The van der Waals surface area contributed by atoms with Gasteiger partial charge in [-0.25, -0.2) is 4.98 Å². The summed E-state index contributed by atoms with van der Waals surface area (Å²) in [6, 6.07) is 22.2. The van der Waals surface area contributed by atoms with Crippen molar-refractivity contribution in [2.24, 2.45) is 0 Å². The lowest BCUT2D eigenvalue weighted by Gasteiger charge is -2.15. The monoisotopic (exact) mass is 486 g/mol. The lowest BCUT2D eigenvalue weighted by Crippen LogP contribution is -2.22. The number of aromatic nitrogens is 4. The minimum atomic E-state index is -0.181. The van der Waals surface area contributed by atoms with Crippen LogP contribution in [0.25, 0.3) is 28.0 Å². The number of nitrogens with zero attached hydrogens (tertiary/aromatic N) is 4. The van der Waals surface area contributed by atoms with E-state index in [1.165, 1.54) is 11.8 Å². The number of thioether (sulfide) groups is 1. The number of fused-ring (bicyclic) bond motifs is 1. The van der Waals surface area contributed by atoms with Crippen LogP contribution in [0.4, 0.5) is 0 Å². The Labute approximate surface area is 205 Å². The first-order valence-electron chi connectivity index (χ1n) is 11.0. The van der Waals surface area contributed by atoms with Crippen molar-refractivity contribution < 1.29 is 14.0 Å². The van der Waals surface area contributed by atoms with Gasteiger partial charge in [0.05, 0.1) is 41.6 Å². The van der Waals surface area contributed by atoms with Crippen molar-refractivity contribution in [2.45, 2.75) is 17.8 Å². The van der Waals surface area contributed by atoms with Gasteiger partial charge in [0.25, 0.3) is 5.56 Å². The molecule has 2 aromatic heterocycles. The van der Waals surface area contributed by atoms with Crippen LogP contribution in [0, 0.1) is 0 Å². The lowest BCUT2D eigenvalue weighted by molar-refractivity contribution is 0.341. The van der Waals surface area contributed by atoms with Gasteiger partial charge < -0.3 is 14.0 Å². The van der Waals surface area contributed by atoms with Gasteiger partial charge in [-0.3, -0.25) is 9.36 Å². The van der Waals surface area contributed by atoms with E-state index in [1.54, 1.807) is 17.7 Å². The Balaban J connectivity index is 1.52. The fourth-order valence-electron chi connectivity index (χ4n) is 3.72. The van der Waals surface area contributed by atoms with Crippen LogP contribution in [0.5, 0.6) is 11.5 Å². The summed E-state index contributed by atoms with van der Waals surface area (Å²) in [4.78, 5) is 22.8. The molecule has 0 saturated heterocycles. The van der Waals surface area contributed by atoms with Crippen molar-refractivity contribution in [3.63, 3.8) is 0 Å². The fourth-order valence-corrected chi connectivity index (χ4v) is 4.56. The van der Waals surface area contributed by atoms with Crippen molar-refractivity contribution in [3.05, 3.63) is 89.0 Å². The topological polar surface area (TPSA) is 92.3 Å². The van der Waals surface area contributed by atoms with Crippen LogP contribution in [0.1, 0.15) is 12.8 Å². The Morgan fingerprint density at radius 2 is 1.69 bits per heavy atom. The standard InChI is InChI=1S/C26H22N4O4S/c1-3-33-21-14-8-5-11-18(21)24-28-23(34-29-24)16-35-26-27-19-12-6-4-10-17(19)25(31)30(26)20-13-7-9-15-22(20)32-2/h4-15H,3,16H2,1-2H3. The molecule has 176 valence electrons. The summed E-state index contributed by atoms with van der Waals surface area (Å²) in [7, 11) is 1.57. The SMILES string of the molecule is CCOc1ccccc1-c1noc(CSc2nc3ccccc3c(=O)n2-c2ccccc2OC)n1. The van der Waals surface area contributed by atoms with Crippen molar-refractivity contribution in [3.8, 4) is 28.6 Å². The van der Waals surface area contributed by atoms with E-state index in [-0.39, 0.29) is 5.56 Å². The van der Waals surface area contributed by atoms with Gasteiger partial charge in [0, 0.05) is 0 Å². The van der Waals surface area contributed by atoms with Gasteiger partial charge in [-0.15, -0.1) is 0 Å². The molecular weight excluding hydrogens is 464 g/mol. The van der Waals surface area contributed by atoms with E-state index in [1.807, 2.05) is 73.7 Å². The molecule has 5 aromatic rings. The van der Waals surface area contributed by atoms with Crippen LogP contribution in [-0.2, 0) is 5.75 Å². The van der Waals surface area contributed by atoms with Crippen LogP contribution in [0.15, 0.2) is 87.3 Å². The molecular formula is C26H22N4O4S. The smallest absolute Gasteiger partial charge is 0.266 e. The Hall–Kier alpha value is -4.11. The van der Waals surface area contributed by atoms with E-state index in [9.17, 15) is 4.79 Å². The summed E-state index contributed by atoms with van der Waals surface area (Å²) in [5.74, 6) is 2.44. The van der Waals surface area contributed by atoms with Crippen molar-refractivity contribution in [1.82, 2.24) is 19.7 Å². The third-order valence-corrected chi connectivity index (χ3v) is 6.21. The molecule has 0 radical (unpaired) electrons. The Bertz CT molecular complexity index is 1550. The molecule has 9 heteroatoms. The van der Waals surface area contributed by atoms with E-state index in [0.29, 0.717) is 57.3 Å². The molecule has 0 N–H and O–H groups in total. The molecule has 0 aliphatic carbocycles. The minimum absolute atomic E-state index is 0.181.